The maximum atomic E-state index is 12.9. The Morgan fingerprint density at radius 2 is 1.39 bits per heavy atom. The molecule has 0 bridgehead atoms. The monoisotopic (exact) mass is 348 g/mol. The highest BCUT2D eigenvalue weighted by molar-refractivity contribution is 7.94. The number of benzene rings is 2. The first-order valence-electron chi connectivity index (χ1n) is 6.72. The Morgan fingerprint density at radius 1 is 0.826 bits per heavy atom. The molecule has 1 aromatic heterocycles. The Bertz CT molecular complexity index is 875. The Balaban J connectivity index is 1.71. The lowest BCUT2D eigenvalue weighted by Gasteiger charge is -2.09. The van der Waals surface area contributed by atoms with Gasteiger partial charge in [-0.2, -0.15) is 0 Å². The summed E-state index contributed by atoms with van der Waals surface area (Å²) in [4.78, 5) is 0. The van der Waals surface area contributed by atoms with E-state index in [9.17, 15) is 12.8 Å². The van der Waals surface area contributed by atoms with Gasteiger partial charge < -0.3 is 5.32 Å². The van der Waals surface area contributed by atoms with E-state index in [0.29, 0.717) is 5.69 Å². The molecule has 0 saturated carbocycles. The molecule has 0 saturated heterocycles. The van der Waals surface area contributed by atoms with Crippen molar-refractivity contribution < 1.29 is 12.8 Å². The molecule has 0 fully saturated rings. The van der Waals surface area contributed by atoms with E-state index in [0.717, 1.165) is 22.7 Å². The van der Waals surface area contributed by atoms with Crippen molar-refractivity contribution in [2.45, 2.75) is 4.21 Å². The van der Waals surface area contributed by atoms with Gasteiger partial charge in [0.1, 0.15) is 10.0 Å². The molecule has 4 nitrogen and oxygen atoms in total. The van der Waals surface area contributed by atoms with Crippen LogP contribution >= 0.6 is 11.3 Å². The summed E-state index contributed by atoms with van der Waals surface area (Å²) in [6, 6.07) is 16.1. The summed E-state index contributed by atoms with van der Waals surface area (Å²) in [5, 5.41) is 4.82. The van der Waals surface area contributed by atoms with Crippen molar-refractivity contribution >= 4 is 38.4 Å². The van der Waals surface area contributed by atoms with Crippen LogP contribution in [0.1, 0.15) is 0 Å². The van der Waals surface area contributed by atoms with E-state index in [1.165, 1.54) is 12.1 Å². The van der Waals surface area contributed by atoms with Gasteiger partial charge in [0.2, 0.25) is 0 Å². The van der Waals surface area contributed by atoms with Crippen LogP contribution in [0, 0.1) is 5.82 Å². The van der Waals surface area contributed by atoms with Gasteiger partial charge in [0.05, 0.1) is 0 Å². The zero-order valence-corrected chi connectivity index (χ0v) is 13.5. The Labute approximate surface area is 137 Å². The topological polar surface area (TPSA) is 58.2 Å². The highest BCUT2D eigenvalue weighted by Crippen LogP contribution is 2.23. The number of sulfonamides is 1. The molecule has 0 spiro atoms. The lowest BCUT2D eigenvalue weighted by atomic mass is 10.2. The summed E-state index contributed by atoms with van der Waals surface area (Å²) < 4.78 is 39.9. The number of hydrogen-bond donors (Lipinski definition) is 2. The van der Waals surface area contributed by atoms with Crippen molar-refractivity contribution in [1.29, 1.82) is 0 Å². The Kier molecular flexibility index (Phi) is 4.31. The molecule has 0 radical (unpaired) electrons. The number of anilines is 3. The van der Waals surface area contributed by atoms with Crippen molar-refractivity contribution in [2.24, 2.45) is 0 Å². The second kappa shape index (κ2) is 6.39. The molecule has 23 heavy (non-hydrogen) atoms. The molecule has 3 rings (SSSR count). The van der Waals surface area contributed by atoms with Crippen LogP contribution < -0.4 is 10.0 Å². The highest BCUT2D eigenvalue weighted by Gasteiger charge is 2.14. The summed E-state index contributed by atoms with van der Waals surface area (Å²) >= 11 is 1.16. The summed E-state index contributed by atoms with van der Waals surface area (Å²) in [5.41, 5.74) is 2.00. The predicted molar refractivity (Wildman–Crippen MR) is 91.3 cm³/mol. The normalized spacial score (nSPS) is 11.2. The smallest absolute Gasteiger partial charge is 0.271 e. The van der Waals surface area contributed by atoms with Gasteiger partial charge in [-0.05, 0) is 60.0 Å². The van der Waals surface area contributed by atoms with Crippen LogP contribution in [-0.2, 0) is 10.0 Å². The van der Waals surface area contributed by atoms with Crippen LogP contribution in [0.25, 0.3) is 0 Å². The van der Waals surface area contributed by atoms with Gasteiger partial charge >= 0.3 is 0 Å². The Hall–Kier alpha value is -2.38. The van der Waals surface area contributed by atoms with E-state index in [1.807, 2.05) is 0 Å². The fourth-order valence-electron chi connectivity index (χ4n) is 1.94. The molecular formula is C16H13FN2O2S2. The molecule has 2 N–H and O–H groups in total. The minimum atomic E-state index is -3.54. The van der Waals surface area contributed by atoms with E-state index in [-0.39, 0.29) is 10.0 Å². The molecule has 7 heteroatoms. The maximum absolute atomic E-state index is 12.9. The third-order valence-electron chi connectivity index (χ3n) is 3.03. The number of hydrogen-bond acceptors (Lipinski definition) is 4. The van der Waals surface area contributed by atoms with Crippen LogP contribution in [0.3, 0.4) is 0 Å². The number of halogens is 1. The van der Waals surface area contributed by atoms with Gasteiger partial charge in [0.15, 0.2) is 0 Å². The fourth-order valence-corrected chi connectivity index (χ4v) is 3.99. The molecule has 1 heterocycles. The Morgan fingerprint density at radius 3 is 1.96 bits per heavy atom. The number of rotatable bonds is 5. The largest absolute Gasteiger partial charge is 0.356 e. The average Bonchev–Trinajstić information content (AvgIpc) is 3.07. The van der Waals surface area contributed by atoms with Crippen LogP contribution in [0.15, 0.2) is 70.3 Å². The zero-order chi connectivity index (χ0) is 16.3. The van der Waals surface area contributed by atoms with E-state index in [1.54, 1.807) is 53.9 Å². The highest BCUT2D eigenvalue weighted by atomic mass is 32.2. The average molecular weight is 348 g/mol. The SMILES string of the molecule is O=S(=O)(Nc1ccc(Nc2ccc(F)cc2)cc1)c1cccs1. The summed E-state index contributed by atoms with van der Waals surface area (Å²) in [6.07, 6.45) is 0. The molecule has 0 aliphatic rings. The molecule has 0 aliphatic carbocycles. The minimum absolute atomic E-state index is 0.269. The fraction of sp³-hybridized carbons (Fsp3) is 0. The van der Waals surface area contributed by atoms with Gasteiger partial charge in [-0.25, -0.2) is 12.8 Å². The van der Waals surface area contributed by atoms with Crippen molar-refractivity contribution in [2.75, 3.05) is 10.0 Å². The van der Waals surface area contributed by atoms with Crippen molar-refractivity contribution in [3.05, 3.63) is 71.9 Å². The van der Waals surface area contributed by atoms with Gasteiger partial charge in [-0.1, -0.05) is 6.07 Å². The lowest BCUT2D eigenvalue weighted by molar-refractivity contribution is 0.603. The summed E-state index contributed by atoms with van der Waals surface area (Å²) in [5.74, 6) is -0.297. The number of thiophene rings is 1. The molecule has 0 amide bonds. The number of nitrogens with one attached hydrogen (secondary N) is 2. The molecule has 0 aliphatic heterocycles. The first-order valence-corrected chi connectivity index (χ1v) is 9.08. The van der Waals surface area contributed by atoms with Crippen LogP contribution in [0.2, 0.25) is 0 Å². The van der Waals surface area contributed by atoms with Gasteiger partial charge in [-0.3, -0.25) is 4.72 Å². The molecule has 0 unspecified atom stereocenters. The molecule has 0 atom stereocenters. The van der Waals surface area contributed by atoms with E-state index in [2.05, 4.69) is 10.0 Å². The van der Waals surface area contributed by atoms with Crippen LogP contribution in [0.4, 0.5) is 21.5 Å². The quantitative estimate of drug-likeness (QED) is 0.717. The standard InChI is InChI=1S/C16H13FN2O2S2/c17-12-3-5-13(6-4-12)18-14-7-9-15(10-8-14)19-23(20,21)16-2-1-11-22-16/h1-11,18-19H. The van der Waals surface area contributed by atoms with Crippen LogP contribution in [0.5, 0.6) is 0 Å². The van der Waals surface area contributed by atoms with Gasteiger partial charge in [0, 0.05) is 17.1 Å². The zero-order valence-electron chi connectivity index (χ0n) is 11.9. The third kappa shape index (κ3) is 3.88. The van der Waals surface area contributed by atoms with Crippen molar-refractivity contribution in [3.8, 4) is 0 Å². The second-order valence-corrected chi connectivity index (χ2v) is 7.60. The molecular weight excluding hydrogens is 335 g/mol. The van der Waals surface area contributed by atoms with Gasteiger partial charge in [0.25, 0.3) is 10.0 Å². The molecule has 118 valence electrons. The van der Waals surface area contributed by atoms with Crippen LogP contribution in [-0.4, -0.2) is 8.42 Å². The van der Waals surface area contributed by atoms with Crippen molar-refractivity contribution in [1.82, 2.24) is 0 Å². The minimum Gasteiger partial charge on any atom is -0.356 e. The van der Waals surface area contributed by atoms with E-state index < -0.39 is 10.0 Å². The molecule has 3 aromatic rings. The predicted octanol–water partition coefficient (Wildman–Crippen LogP) is 4.43. The molecule has 2 aromatic carbocycles. The summed E-state index contributed by atoms with van der Waals surface area (Å²) in [7, 11) is -3.54. The first kappa shape index (κ1) is 15.5. The lowest BCUT2D eigenvalue weighted by Crippen LogP contribution is -2.11. The summed E-state index contributed by atoms with van der Waals surface area (Å²) in [6.45, 7) is 0. The van der Waals surface area contributed by atoms with Crippen molar-refractivity contribution in [3.63, 3.8) is 0 Å². The van der Waals surface area contributed by atoms with E-state index >= 15 is 0 Å². The third-order valence-corrected chi connectivity index (χ3v) is 5.81. The van der Waals surface area contributed by atoms with E-state index in [4.69, 9.17) is 0 Å². The second-order valence-electron chi connectivity index (χ2n) is 4.75. The maximum Gasteiger partial charge on any atom is 0.271 e. The first-order chi connectivity index (χ1) is 11.0. The van der Waals surface area contributed by atoms with Gasteiger partial charge in [-0.15, -0.1) is 11.3 Å².